The van der Waals surface area contributed by atoms with E-state index in [4.69, 9.17) is 0 Å². The summed E-state index contributed by atoms with van der Waals surface area (Å²) in [6.45, 7) is 6.84. The van der Waals surface area contributed by atoms with Crippen LogP contribution in [0.4, 0.5) is 0 Å². The maximum atomic E-state index is 4.41. The molecular weight excluding hydrogens is 200 g/mol. The van der Waals surface area contributed by atoms with Crippen molar-refractivity contribution >= 4 is 5.96 Å². The molecule has 0 saturated carbocycles. The second-order valence-corrected chi connectivity index (χ2v) is 4.00. The maximum absolute atomic E-state index is 4.41. The first-order chi connectivity index (χ1) is 7.61. The molecule has 0 atom stereocenters. The molecule has 0 unspecified atom stereocenters. The Bertz CT molecular complexity index is 358. The van der Waals surface area contributed by atoms with Crippen molar-refractivity contribution in [1.82, 2.24) is 15.6 Å². The van der Waals surface area contributed by atoms with E-state index >= 15 is 0 Å². The molecule has 0 aliphatic heterocycles. The molecule has 1 aromatic rings. The van der Waals surface area contributed by atoms with Crippen molar-refractivity contribution in [2.24, 2.45) is 4.99 Å². The highest BCUT2D eigenvalue weighted by Crippen LogP contribution is 1.97. The maximum Gasteiger partial charge on any atom is 0.191 e. The molecule has 4 heteroatoms. The van der Waals surface area contributed by atoms with Crippen molar-refractivity contribution in [2.45, 2.75) is 33.4 Å². The average molecular weight is 220 g/mol. The van der Waals surface area contributed by atoms with E-state index in [1.54, 1.807) is 7.05 Å². The Labute approximate surface area is 97.2 Å². The predicted molar refractivity (Wildman–Crippen MR) is 67.4 cm³/mol. The summed E-state index contributed by atoms with van der Waals surface area (Å²) >= 11 is 0. The smallest absolute Gasteiger partial charge is 0.191 e. The molecule has 0 spiro atoms. The first-order valence-electron chi connectivity index (χ1n) is 5.51. The van der Waals surface area contributed by atoms with Gasteiger partial charge in [0, 0.05) is 18.8 Å². The minimum Gasteiger partial charge on any atom is -0.354 e. The number of aromatic nitrogens is 1. The zero-order valence-corrected chi connectivity index (χ0v) is 10.4. The number of hydrogen-bond acceptors (Lipinski definition) is 2. The normalized spacial score (nSPS) is 11.7. The van der Waals surface area contributed by atoms with E-state index in [0.29, 0.717) is 12.6 Å². The fourth-order valence-electron chi connectivity index (χ4n) is 1.34. The third-order valence-electron chi connectivity index (χ3n) is 2.03. The van der Waals surface area contributed by atoms with Gasteiger partial charge in [0.25, 0.3) is 0 Å². The Hall–Kier alpha value is -1.58. The van der Waals surface area contributed by atoms with Gasteiger partial charge in [-0.15, -0.1) is 0 Å². The molecular formula is C12H20N4. The van der Waals surface area contributed by atoms with E-state index in [9.17, 15) is 0 Å². The summed E-state index contributed by atoms with van der Waals surface area (Å²) in [5, 5.41) is 6.45. The van der Waals surface area contributed by atoms with Gasteiger partial charge in [-0.2, -0.15) is 0 Å². The van der Waals surface area contributed by atoms with Gasteiger partial charge in [-0.1, -0.05) is 6.07 Å². The van der Waals surface area contributed by atoms with Crippen LogP contribution in [-0.4, -0.2) is 24.0 Å². The van der Waals surface area contributed by atoms with Gasteiger partial charge in [0.2, 0.25) is 0 Å². The van der Waals surface area contributed by atoms with Crippen molar-refractivity contribution in [3.8, 4) is 0 Å². The molecule has 1 heterocycles. The molecule has 2 N–H and O–H groups in total. The number of aliphatic imine (C=N–C) groups is 1. The first kappa shape index (κ1) is 12.5. The van der Waals surface area contributed by atoms with Gasteiger partial charge in [0.15, 0.2) is 5.96 Å². The Morgan fingerprint density at radius 3 is 2.75 bits per heavy atom. The number of hydrogen-bond donors (Lipinski definition) is 2. The first-order valence-corrected chi connectivity index (χ1v) is 5.51. The monoisotopic (exact) mass is 220 g/mol. The lowest BCUT2D eigenvalue weighted by Gasteiger charge is -2.14. The minimum atomic E-state index is 0.372. The summed E-state index contributed by atoms with van der Waals surface area (Å²) < 4.78 is 0. The standard InChI is InChI=1S/C12H20N4/c1-9(2)15-12(13-4)14-8-11-7-5-6-10(3)16-11/h5-7,9H,8H2,1-4H3,(H2,13,14,15). The van der Waals surface area contributed by atoms with Gasteiger partial charge in [-0.05, 0) is 32.9 Å². The van der Waals surface area contributed by atoms with Crippen molar-refractivity contribution in [3.05, 3.63) is 29.6 Å². The van der Waals surface area contributed by atoms with Gasteiger partial charge in [-0.3, -0.25) is 9.98 Å². The molecule has 1 aromatic heterocycles. The van der Waals surface area contributed by atoms with Gasteiger partial charge in [0.05, 0.1) is 12.2 Å². The lowest BCUT2D eigenvalue weighted by molar-refractivity contribution is 0.696. The molecule has 0 aliphatic carbocycles. The van der Waals surface area contributed by atoms with Crippen molar-refractivity contribution in [3.63, 3.8) is 0 Å². The predicted octanol–water partition coefficient (Wildman–Crippen LogP) is 1.46. The van der Waals surface area contributed by atoms with Crippen LogP contribution in [0.25, 0.3) is 0 Å². The molecule has 0 bridgehead atoms. The fraction of sp³-hybridized carbons (Fsp3) is 0.500. The van der Waals surface area contributed by atoms with E-state index < -0.39 is 0 Å². The quantitative estimate of drug-likeness (QED) is 0.599. The van der Waals surface area contributed by atoms with Gasteiger partial charge in [-0.25, -0.2) is 0 Å². The second kappa shape index (κ2) is 6.10. The van der Waals surface area contributed by atoms with Crippen LogP contribution in [0.15, 0.2) is 23.2 Å². The van der Waals surface area contributed by atoms with E-state index in [2.05, 4.69) is 34.5 Å². The molecule has 1 rings (SSSR count). The molecule has 0 aromatic carbocycles. The summed E-state index contributed by atoms with van der Waals surface area (Å²) in [6.07, 6.45) is 0. The molecule has 0 fully saturated rings. The number of guanidine groups is 1. The molecule has 4 nitrogen and oxygen atoms in total. The number of pyridine rings is 1. The number of aryl methyl sites for hydroxylation is 1. The van der Waals surface area contributed by atoms with Crippen LogP contribution in [0.1, 0.15) is 25.2 Å². The molecule has 16 heavy (non-hydrogen) atoms. The van der Waals surface area contributed by atoms with E-state index in [1.807, 2.05) is 25.1 Å². The van der Waals surface area contributed by atoms with Crippen molar-refractivity contribution in [1.29, 1.82) is 0 Å². The number of nitrogens with one attached hydrogen (secondary N) is 2. The zero-order valence-electron chi connectivity index (χ0n) is 10.4. The second-order valence-electron chi connectivity index (χ2n) is 4.00. The van der Waals surface area contributed by atoms with Crippen LogP contribution in [-0.2, 0) is 6.54 Å². The summed E-state index contributed by atoms with van der Waals surface area (Å²) in [4.78, 5) is 8.55. The van der Waals surface area contributed by atoms with Crippen molar-refractivity contribution < 1.29 is 0 Å². The van der Waals surface area contributed by atoms with Crippen LogP contribution < -0.4 is 10.6 Å². The molecule has 0 aliphatic rings. The summed E-state index contributed by atoms with van der Waals surface area (Å²) in [6, 6.07) is 6.38. The van der Waals surface area contributed by atoms with Crippen LogP contribution in [0.2, 0.25) is 0 Å². The van der Waals surface area contributed by atoms with Crippen LogP contribution in [0.3, 0.4) is 0 Å². The summed E-state index contributed by atoms with van der Waals surface area (Å²) in [5.41, 5.74) is 2.05. The Morgan fingerprint density at radius 2 is 2.19 bits per heavy atom. The average Bonchev–Trinajstić information content (AvgIpc) is 2.24. The van der Waals surface area contributed by atoms with Crippen LogP contribution in [0, 0.1) is 6.92 Å². The van der Waals surface area contributed by atoms with Crippen LogP contribution >= 0.6 is 0 Å². The van der Waals surface area contributed by atoms with Gasteiger partial charge >= 0.3 is 0 Å². The van der Waals surface area contributed by atoms with E-state index in [0.717, 1.165) is 17.3 Å². The lowest BCUT2D eigenvalue weighted by Crippen LogP contribution is -2.40. The molecule has 0 saturated heterocycles. The highest BCUT2D eigenvalue weighted by atomic mass is 15.2. The highest BCUT2D eigenvalue weighted by molar-refractivity contribution is 5.79. The van der Waals surface area contributed by atoms with Gasteiger partial charge in [0.1, 0.15) is 0 Å². The number of nitrogens with zero attached hydrogens (tertiary/aromatic N) is 2. The SMILES string of the molecule is CN=C(NCc1cccc(C)n1)NC(C)C. The Balaban J connectivity index is 2.50. The van der Waals surface area contributed by atoms with Crippen molar-refractivity contribution in [2.75, 3.05) is 7.05 Å². The third-order valence-corrected chi connectivity index (χ3v) is 2.03. The largest absolute Gasteiger partial charge is 0.354 e. The molecule has 88 valence electrons. The molecule has 0 radical (unpaired) electrons. The fourth-order valence-corrected chi connectivity index (χ4v) is 1.34. The highest BCUT2D eigenvalue weighted by Gasteiger charge is 2.00. The Morgan fingerprint density at radius 1 is 1.44 bits per heavy atom. The van der Waals surface area contributed by atoms with E-state index in [1.165, 1.54) is 0 Å². The summed E-state index contributed by atoms with van der Waals surface area (Å²) in [7, 11) is 1.77. The summed E-state index contributed by atoms with van der Waals surface area (Å²) in [5.74, 6) is 0.804. The molecule has 0 amide bonds. The van der Waals surface area contributed by atoms with Gasteiger partial charge < -0.3 is 10.6 Å². The Kier molecular flexibility index (Phi) is 4.76. The van der Waals surface area contributed by atoms with Crippen LogP contribution in [0.5, 0.6) is 0 Å². The van der Waals surface area contributed by atoms with E-state index in [-0.39, 0.29) is 0 Å². The number of rotatable bonds is 3. The topological polar surface area (TPSA) is 49.3 Å². The minimum absolute atomic E-state index is 0.372. The zero-order chi connectivity index (χ0) is 12.0. The third kappa shape index (κ3) is 4.29. The lowest BCUT2D eigenvalue weighted by atomic mass is 10.3.